The van der Waals surface area contributed by atoms with Gasteiger partial charge in [-0.1, -0.05) is 13.8 Å². The monoisotopic (exact) mass is 186 g/mol. The first-order chi connectivity index (χ1) is 6.13. The van der Waals surface area contributed by atoms with Crippen molar-refractivity contribution in [1.29, 1.82) is 0 Å². The van der Waals surface area contributed by atoms with Gasteiger partial charge in [0.15, 0.2) is 0 Å². The molecule has 3 nitrogen and oxygen atoms in total. The van der Waals surface area contributed by atoms with Gasteiger partial charge in [-0.3, -0.25) is 0 Å². The number of aliphatic hydroxyl groups excluding tert-OH is 1. The summed E-state index contributed by atoms with van der Waals surface area (Å²) in [4.78, 5) is 2.41. The van der Waals surface area contributed by atoms with Crippen LogP contribution in [0.15, 0.2) is 0 Å². The third-order valence-electron chi connectivity index (χ3n) is 2.92. The Labute approximate surface area is 80.9 Å². The van der Waals surface area contributed by atoms with Gasteiger partial charge >= 0.3 is 0 Å². The average Bonchev–Trinajstić information content (AvgIpc) is 2.11. The summed E-state index contributed by atoms with van der Waals surface area (Å²) >= 11 is 0. The Balaban J connectivity index is 2.29. The van der Waals surface area contributed by atoms with Crippen LogP contribution in [0, 0.1) is 11.8 Å². The van der Waals surface area contributed by atoms with Crippen LogP contribution in [-0.2, 0) is 0 Å². The SMILES string of the molecule is CC(CN)CN1CCC(O)C(C)C1. The molecular weight excluding hydrogens is 164 g/mol. The molecule has 0 spiro atoms. The number of rotatable bonds is 3. The van der Waals surface area contributed by atoms with E-state index in [1.54, 1.807) is 0 Å². The second-order valence-electron chi connectivity index (χ2n) is 4.43. The Morgan fingerprint density at radius 2 is 2.31 bits per heavy atom. The fraction of sp³-hybridized carbons (Fsp3) is 1.00. The Morgan fingerprint density at radius 3 is 2.85 bits per heavy atom. The summed E-state index contributed by atoms with van der Waals surface area (Å²) in [6, 6.07) is 0. The van der Waals surface area contributed by atoms with Gasteiger partial charge < -0.3 is 15.7 Å². The highest BCUT2D eigenvalue weighted by molar-refractivity contribution is 4.77. The van der Waals surface area contributed by atoms with Crippen molar-refractivity contribution in [2.24, 2.45) is 17.6 Å². The normalized spacial score (nSPS) is 33.2. The minimum atomic E-state index is -0.0931. The molecule has 0 aromatic carbocycles. The molecule has 1 heterocycles. The van der Waals surface area contributed by atoms with E-state index in [1.807, 2.05) is 0 Å². The molecule has 0 bridgehead atoms. The van der Waals surface area contributed by atoms with Gasteiger partial charge in [0.1, 0.15) is 0 Å². The van der Waals surface area contributed by atoms with Gasteiger partial charge in [-0.15, -0.1) is 0 Å². The number of nitrogens with zero attached hydrogens (tertiary/aromatic N) is 1. The predicted molar refractivity (Wildman–Crippen MR) is 54.4 cm³/mol. The van der Waals surface area contributed by atoms with Crippen LogP contribution in [0.3, 0.4) is 0 Å². The number of nitrogens with two attached hydrogens (primary N) is 1. The summed E-state index contributed by atoms with van der Waals surface area (Å²) in [5.74, 6) is 0.987. The maximum Gasteiger partial charge on any atom is 0.0590 e. The lowest BCUT2D eigenvalue weighted by molar-refractivity contribution is 0.0305. The quantitative estimate of drug-likeness (QED) is 0.666. The van der Waals surface area contributed by atoms with E-state index in [2.05, 4.69) is 18.7 Å². The Bertz CT molecular complexity index is 150. The molecule has 3 N–H and O–H groups in total. The van der Waals surface area contributed by atoms with E-state index in [-0.39, 0.29) is 6.10 Å². The number of piperidine rings is 1. The lowest BCUT2D eigenvalue weighted by atomic mass is 9.96. The van der Waals surface area contributed by atoms with Gasteiger partial charge in [-0.2, -0.15) is 0 Å². The second kappa shape index (κ2) is 4.94. The Morgan fingerprint density at radius 1 is 1.62 bits per heavy atom. The fourth-order valence-corrected chi connectivity index (χ4v) is 1.90. The van der Waals surface area contributed by atoms with Gasteiger partial charge in [0, 0.05) is 19.6 Å². The summed E-state index contributed by atoms with van der Waals surface area (Å²) in [6.07, 6.45) is 0.822. The van der Waals surface area contributed by atoms with Crippen molar-refractivity contribution >= 4 is 0 Å². The first kappa shape index (κ1) is 11.0. The molecule has 13 heavy (non-hydrogen) atoms. The van der Waals surface area contributed by atoms with Crippen LogP contribution in [0.1, 0.15) is 20.3 Å². The minimum Gasteiger partial charge on any atom is -0.393 e. The van der Waals surface area contributed by atoms with Crippen LogP contribution in [-0.4, -0.2) is 42.3 Å². The first-order valence-corrected chi connectivity index (χ1v) is 5.24. The average molecular weight is 186 g/mol. The number of aliphatic hydroxyl groups is 1. The smallest absolute Gasteiger partial charge is 0.0590 e. The van der Waals surface area contributed by atoms with E-state index in [0.29, 0.717) is 11.8 Å². The molecule has 0 aromatic rings. The molecule has 3 unspecified atom stereocenters. The van der Waals surface area contributed by atoms with E-state index in [1.165, 1.54) is 0 Å². The molecule has 0 aromatic heterocycles. The number of hydrogen-bond acceptors (Lipinski definition) is 3. The van der Waals surface area contributed by atoms with Crippen molar-refractivity contribution in [3.63, 3.8) is 0 Å². The van der Waals surface area contributed by atoms with Crippen molar-refractivity contribution in [2.75, 3.05) is 26.2 Å². The highest BCUT2D eigenvalue weighted by atomic mass is 16.3. The van der Waals surface area contributed by atoms with Crippen LogP contribution in [0.2, 0.25) is 0 Å². The topological polar surface area (TPSA) is 49.5 Å². The predicted octanol–water partition coefficient (Wildman–Crippen LogP) is 0.284. The molecule has 1 aliphatic heterocycles. The summed E-state index contributed by atoms with van der Waals surface area (Å²) in [5.41, 5.74) is 5.58. The zero-order chi connectivity index (χ0) is 9.84. The maximum absolute atomic E-state index is 9.54. The van der Waals surface area contributed by atoms with Crippen LogP contribution in [0.5, 0.6) is 0 Å². The van der Waals surface area contributed by atoms with Gasteiger partial charge in [0.2, 0.25) is 0 Å². The Kier molecular flexibility index (Phi) is 4.16. The molecule has 0 amide bonds. The molecule has 3 heteroatoms. The number of likely N-dealkylation sites (tertiary alicyclic amines) is 1. The zero-order valence-corrected chi connectivity index (χ0v) is 8.74. The molecule has 1 fully saturated rings. The molecule has 1 aliphatic rings. The van der Waals surface area contributed by atoms with Gasteiger partial charge in [0.05, 0.1) is 6.10 Å². The van der Waals surface area contributed by atoms with Crippen LogP contribution in [0.25, 0.3) is 0 Å². The van der Waals surface area contributed by atoms with Crippen LogP contribution in [0.4, 0.5) is 0 Å². The van der Waals surface area contributed by atoms with Crippen LogP contribution < -0.4 is 5.73 Å². The molecule has 78 valence electrons. The van der Waals surface area contributed by atoms with E-state index >= 15 is 0 Å². The van der Waals surface area contributed by atoms with E-state index < -0.39 is 0 Å². The molecule has 1 saturated heterocycles. The molecule has 0 radical (unpaired) electrons. The fourth-order valence-electron chi connectivity index (χ4n) is 1.90. The third kappa shape index (κ3) is 3.25. The summed E-state index contributed by atoms with van der Waals surface area (Å²) in [7, 11) is 0. The van der Waals surface area contributed by atoms with Crippen molar-refractivity contribution in [1.82, 2.24) is 4.90 Å². The molecule has 1 rings (SSSR count). The first-order valence-electron chi connectivity index (χ1n) is 5.24. The second-order valence-corrected chi connectivity index (χ2v) is 4.43. The van der Waals surface area contributed by atoms with Crippen molar-refractivity contribution in [2.45, 2.75) is 26.4 Å². The lowest BCUT2D eigenvalue weighted by Crippen LogP contribution is -2.44. The molecular formula is C10H22N2O. The largest absolute Gasteiger partial charge is 0.393 e. The maximum atomic E-state index is 9.54. The number of hydrogen-bond donors (Lipinski definition) is 2. The highest BCUT2D eigenvalue weighted by Gasteiger charge is 2.24. The highest BCUT2D eigenvalue weighted by Crippen LogP contribution is 2.17. The summed E-state index contributed by atoms with van der Waals surface area (Å²) < 4.78 is 0. The van der Waals surface area contributed by atoms with Crippen molar-refractivity contribution < 1.29 is 5.11 Å². The lowest BCUT2D eigenvalue weighted by Gasteiger charge is -2.35. The molecule has 3 atom stereocenters. The van der Waals surface area contributed by atoms with Crippen LogP contribution >= 0.6 is 0 Å². The van der Waals surface area contributed by atoms with Gasteiger partial charge in [0.25, 0.3) is 0 Å². The zero-order valence-electron chi connectivity index (χ0n) is 8.74. The van der Waals surface area contributed by atoms with Gasteiger partial charge in [-0.25, -0.2) is 0 Å². The summed E-state index contributed by atoms with van der Waals surface area (Å²) in [6.45, 7) is 8.17. The molecule has 0 saturated carbocycles. The van der Waals surface area contributed by atoms with Gasteiger partial charge in [-0.05, 0) is 24.8 Å². The van der Waals surface area contributed by atoms with E-state index in [9.17, 15) is 5.11 Å². The standard InChI is InChI=1S/C10H22N2O/c1-8(5-11)6-12-4-3-10(13)9(2)7-12/h8-10,13H,3-7,11H2,1-2H3. The van der Waals surface area contributed by atoms with Crippen molar-refractivity contribution in [3.8, 4) is 0 Å². The van der Waals surface area contributed by atoms with Crippen molar-refractivity contribution in [3.05, 3.63) is 0 Å². The Hall–Kier alpha value is -0.120. The molecule has 0 aliphatic carbocycles. The minimum absolute atomic E-state index is 0.0931. The van der Waals surface area contributed by atoms with E-state index in [0.717, 1.165) is 32.6 Å². The third-order valence-corrected chi connectivity index (χ3v) is 2.92. The summed E-state index contributed by atoms with van der Waals surface area (Å²) in [5, 5.41) is 9.54. The van der Waals surface area contributed by atoms with E-state index in [4.69, 9.17) is 5.73 Å².